The van der Waals surface area contributed by atoms with E-state index in [1.165, 1.54) is 0 Å². The first-order valence-electron chi connectivity index (χ1n) is 5.41. The predicted octanol–water partition coefficient (Wildman–Crippen LogP) is 1.80. The van der Waals surface area contributed by atoms with Gasteiger partial charge < -0.3 is 15.2 Å². The van der Waals surface area contributed by atoms with E-state index in [4.69, 9.17) is 15.2 Å². The largest absolute Gasteiger partial charge is 0.378 e. The van der Waals surface area contributed by atoms with Crippen molar-refractivity contribution in [1.82, 2.24) is 0 Å². The number of ether oxygens (including phenoxy) is 2. The number of rotatable bonds is 7. The van der Waals surface area contributed by atoms with Crippen molar-refractivity contribution in [2.45, 2.75) is 40.2 Å². The molecular weight excluding hydrogens is 178 g/mol. The van der Waals surface area contributed by atoms with Crippen LogP contribution in [0.25, 0.3) is 0 Å². The molecule has 2 N–H and O–H groups in total. The van der Waals surface area contributed by atoms with Crippen molar-refractivity contribution in [3.05, 3.63) is 0 Å². The molecule has 0 radical (unpaired) electrons. The maximum absolute atomic E-state index is 5.74. The van der Waals surface area contributed by atoms with Crippen LogP contribution in [-0.4, -0.2) is 32.5 Å². The molecule has 86 valence electrons. The van der Waals surface area contributed by atoms with Gasteiger partial charge in [-0.3, -0.25) is 0 Å². The Morgan fingerprint density at radius 1 is 1.14 bits per heavy atom. The average molecular weight is 203 g/mol. The lowest BCUT2D eigenvalue weighted by molar-refractivity contribution is -0.0438. The van der Waals surface area contributed by atoms with Crippen LogP contribution in [0.2, 0.25) is 0 Å². The molecule has 0 aromatic rings. The maximum atomic E-state index is 5.74. The van der Waals surface area contributed by atoms with Crippen molar-refractivity contribution in [3.8, 4) is 0 Å². The van der Waals surface area contributed by atoms with E-state index in [0.717, 1.165) is 6.42 Å². The Hall–Kier alpha value is -0.120. The SMILES string of the molecule is CCC(OCCOCCN)C(C)(C)C. The van der Waals surface area contributed by atoms with Crippen LogP contribution in [0.4, 0.5) is 0 Å². The van der Waals surface area contributed by atoms with Crippen molar-refractivity contribution in [2.75, 3.05) is 26.4 Å². The minimum absolute atomic E-state index is 0.211. The third kappa shape index (κ3) is 6.35. The first-order chi connectivity index (χ1) is 6.52. The molecule has 14 heavy (non-hydrogen) atoms. The normalized spacial score (nSPS) is 14.4. The van der Waals surface area contributed by atoms with Crippen molar-refractivity contribution < 1.29 is 9.47 Å². The van der Waals surface area contributed by atoms with Gasteiger partial charge in [0.25, 0.3) is 0 Å². The molecule has 1 unspecified atom stereocenters. The molecule has 0 fully saturated rings. The summed E-state index contributed by atoms with van der Waals surface area (Å²) in [7, 11) is 0. The number of hydrogen-bond acceptors (Lipinski definition) is 3. The smallest absolute Gasteiger partial charge is 0.0704 e. The molecule has 0 spiro atoms. The van der Waals surface area contributed by atoms with Gasteiger partial charge >= 0.3 is 0 Å². The second-order valence-corrected chi connectivity index (χ2v) is 4.53. The van der Waals surface area contributed by atoms with E-state index in [9.17, 15) is 0 Å². The summed E-state index contributed by atoms with van der Waals surface area (Å²) in [5.74, 6) is 0. The average Bonchev–Trinajstić information content (AvgIpc) is 2.09. The summed E-state index contributed by atoms with van der Waals surface area (Å²) in [6.45, 7) is 11.2. The topological polar surface area (TPSA) is 44.5 Å². The third-order valence-corrected chi connectivity index (χ3v) is 2.15. The van der Waals surface area contributed by atoms with Gasteiger partial charge in [-0.15, -0.1) is 0 Å². The molecule has 0 amide bonds. The van der Waals surface area contributed by atoms with E-state index in [0.29, 0.717) is 32.5 Å². The molecular formula is C11H25NO2. The van der Waals surface area contributed by atoms with E-state index in [1.54, 1.807) is 0 Å². The molecule has 0 saturated carbocycles. The lowest BCUT2D eigenvalue weighted by Gasteiger charge is -2.29. The highest BCUT2D eigenvalue weighted by molar-refractivity contribution is 4.72. The van der Waals surface area contributed by atoms with Gasteiger partial charge in [0.05, 0.1) is 25.9 Å². The Balaban J connectivity index is 3.54. The van der Waals surface area contributed by atoms with E-state index >= 15 is 0 Å². The van der Waals surface area contributed by atoms with E-state index in [1.807, 2.05) is 0 Å². The third-order valence-electron chi connectivity index (χ3n) is 2.15. The van der Waals surface area contributed by atoms with E-state index < -0.39 is 0 Å². The Morgan fingerprint density at radius 3 is 2.21 bits per heavy atom. The minimum atomic E-state index is 0.211. The van der Waals surface area contributed by atoms with Crippen molar-refractivity contribution >= 4 is 0 Å². The van der Waals surface area contributed by atoms with Crippen molar-refractivity contribution in [3.63, 3.8) is 0 Å². The Morgan fingerprint density at radius 2 is 1.79 bits per heavy atom. The first-order valence-corrected chi connectivity index (χ1v) is 5.41. The van der Waals surface area contributed by atoms with Gasteiger partial charge in [0.15, 0.2) is 0 Å². The summed E-state index contributed by atoms with van der Waals surface area (Å²) in [5.41, 5.74) is 5.51. The fourth-order valence-electron chi connectivity index (χ4n) is 1.41. The summed E-state index contributed by atoms with van der Waals surface area (Å²) in [5, 5.41) is 0. The molecule has 0 aliphatic rings. The van der Waals surface area contributed by atoms with Gasteiger partial charge in [0, 0.05) is 6.54 Å². The van der Waals surface area contributed by atoms with Crippen LogP contribution in [0.3, 0.4) is 0 Å². The highest BCUT2D eigenvalue weighted by Gasteiger charge is 2.23. The van der Waals surface area contributed by atoms with Crippen LogP contribution in [0, 0.1) is 5.41 Å². The molecule has 0 aromatic heterocycles. The molecule has 0 heterocycles. The highest BCUT2D eigenvalue weighted by atomic mass is 16.5. The quantitative estimate of drug-likeness (QED) is 0.642. The van der Waals surface area contributed by atoms with Crippen LogP contribution in [0.1, 0.15) is 34.1 Å². The molecule has 0 aliphatic carbocycles. The molecule has 0 rings (SSSR count). The fourth-order valence-corrected chi connectivity index (χ4v) is 1.41. The molecule has 0 bridgehead atoms. The second kappa shape index (κ2) is 7.21. The molecule has 3 heteroatoms. The first kappa shape index (κ1) is 13.9. The minimum Gasteiger partial charge on any atom is -0.378 e. The molecule has 0 saturated heterocycles. The van der Waals surface area contributed by atoms with Crippen LogP contribution in [-0.2, 0) is 9.47 Å². The summed E-state index contributed by atoms with van der Waals surface area (Å²) >= 11 is 0. The Kier molecular flexibility index (Phi) is 7.15. The van der Waals surface area contributed by atoms with E-state index in [2.05, 4.69) is 27.7 Å². The zero-order chi connectivity index (χ0) is 11.0. The van der Waals surface area contributed by atoms with Gasteiger partial charge in [-0.2, -0.15) is 0 Å². The van der Waals surface area contributed by atoms with Crippen LogP contribution in [0.5, 0.6) is 0 Å². The van der Waals surface area contributed by atoms with Crippen molar-refractivity contribution in [2.24, 2.45) is 11.1 Å². The summed E-state index contributed by atoms with van der Waals surface area (Å²) < 4.78 is 11.0. The van der Waals surface area contributed by atoms with Gasteiger partial charge in [-0.25, -0.2) is 0 Å². The maximum Gasteiger partial charge on any atom is 0.0704 e. The lowest BCUT2D eigenvalue weighted by Crippen LogP contribution is -2.30. The van der Waals surface area contributed by atoms with Gasteiger partial charge in [0.2, 0.25) is 0 Å². The highest BCUT2D eigenvalue weighted by Crippen LogP contribution is 2.24. The van der Waals surface area contributed by atoms with Crippen LogP contribution >= 0.6 is 0 Å². The second-order valence-electron chi connectivity index (χ2n) is 4.53. The summed E-state index contributed by atoms with van der Waals surface area (Å²) in [6.07, 6.45) is 1.35. The van der Waals surface area contributed by atoms with Crippen LogP contribution in [0.15, 0.2) is 0 Å². The van der Waals surface area contributed by atoms with Crippen molar-refractivity contribution in [1.29, 1.82) is 0 Å². The lowest BCUT2D eigenvalue weighted by atomic mass is 9.87. The zero-order valence-corrected chi connectivity index (χ0v) is 10.0. The molecule has 0 aromatic carbocycles. The van der Waals surface area contributed by atoms with E-state index in [-0.39, 0.29) is 5.41 Å². The Labute approximate surface area is 88.0 Å². The fraction of sp³-hybridized carbons (Fsp3) is 1.00. The summed E-state index contributed by atoms with van der Waals surface area (Å²) in [6, 6.07) is 0. The van der Waals surface area contributed by atoms with Gasteiger partial charge in [0.1, 0.15) is 0 Å². The molecule has 1 atom stereocenters. The summed E-state index contributed by atoms with van der Waals surface area (Å²) in [4.78, 5) is 0. The van der Waals surface area contributed by atoms with Crippen LogP contribution < -0.4 is 5.73 Å². The Bertz CT molecular complexity index is 132. The monoisotopic (exact) mass is 203 g/mol. The molecule has 0 aliphatic heterocycles. The number of hydrogen-bond donors (Lipinski definition) is 1. The van der Waals surface area contributed by atoms with Gasteiger partial charge in [-0.1, -0.05) is 27.7 Å². The van der Waals surface area contributed by atoms with Gasteiger partial charge in [-0.05, 0) is 11.8 Å². The zero-order valence-electron chi connectivity index (χ0n) is 10.0. The molecule has 3 nitrogen and oxygen atoms in total. The number of nitrogens with two attached hydrogens (primary N) is 1. The predicted molar refractivity (Wildman–Crippen MR) is 59.4 cm³/mol. The standard InChI is InChI=1S/C11H25NO2/c1-5-10(11(2,3)4)14-9-8-13-7-6-12/h10H,5-9,12H2,1-4H3.